The van der Waals surface area contributed by atoms with E-state index < -0.39 is 17.6 Å². The quantitative estimate of drug-likeness (QED) is 0.263. The first-order chi connectivity index (χ1) is 20.4. The van der Waals surface area contributed by atoms with Gasteiger partial charge in [0, 0.05) is 24.2 Å². The second-order valence-corrected chi connectivity index (χ2v) is 10.4. The molecule has 0 aliphatic carbocycles. The first kappa shape index (κ1) is 37.0. The number of carbonyl (C=O) groups excluding carboxylic acids is 2. The molecule has 1 aromatic heterocycles. The molecule has 3 aromatic rings. The molecule has 3 rings (SSSR count). The number of nitriles is 1. The van der Waals surface area contributed by atoms with Crippen LogP contribution in [-0.2, 0) is 6.42 Å². The number of pyridine rings is 1. The van der Waals surface area contributed by atoms with Crippen LogP contribution in [-0.4, -0.2) is 23.8 Å². The van der Waals surface area contributed by atoms with Crippen LogP contribution >= 0.6 is 11.6 Å². The number of aromatic nitrogens is 1. The zero-order valence-corrected chi connectivity index (χ0v) is 27.8. The van der Waals surface area contributed by atoms with E-state index >= 15 is 0 Å². The molecule has 2 amide bonds. The van der Waals surface area contributed by atoms with Crippen molar-refractivity contribution in [2.75, 3.05) is 7.05 Å². The summed E-state index contributed by atoms with van der Waals surface area (Å²) in [7, 11) is 1.46. The molecule has 0 aliphatic rings. The smallest absolute Gasteiger partial charge is 0.269 e. The molecule has 1 heterocycles. The minimum absolute atomic E-state index is 0.0174. The first-order valence-corrected chi connectivity index (χ1v) is 15.0. The Morgan fingerprint density at radius 2 is 1.74 bits per heavy atom. The summed E-state index contributed by atoms with van der Waals surface area (Å²) < 4.78 is 14.0. The Bertz CT molecular complexity index is 1550. The molecule has 0 spiro atoms. The third-order valence-corrected chi connectivity index (χ3v) is 7.01. The van der Waals surface area contributed by atoms with Crippen LogP contribution in [0, 0.1) is 30.0 Å². The Morgan fingerprint density at radius 1 is 1.09 bits per heavy atom. The van der Waals surface area contributed by atoms with Crippen LogP contribution in [0.1, 0.15) is 99.3 Å². The van der Waals surface area contributed by atoms with Gasteiger partial charge in [-0.3, -0.25) is 9.59 Å². The van der Waals surface area contributed by atoms with Gasteiger partial charge >= 0.3 is 0 Å². The number of aryl methyl sites for hydroxylation is 2. The van der Waals surface area contributed by atoms with Crippen molar-refractivity contribution in [1.29, 1.82) is 5.26 Å². The van der Waals surface area contributed by atoms with E-state index in [0.29, 0.717) is 5.39 Å². The SMILES string of the molecule is CC.CC/C=C(C)\C(NC(=O)c1cc(C(=O)NC)nc2cc(F)c(Cl)cc12)=C(\C)C(C)C.CCc1cc(C)ccc1C#N. The van der Waals surface area contributed by atoms with Gasteiger partial charge in [0.05, 0.1) is 27.7 Å². The number of amides is 2. The van der Waals surface area contributed by atoms with E-state index in [1.807, 2.05) is 59.8 Å². The molecule has 8 heteroatoms. The second kappa shape index (κ2) is 17.8. The molecule has 0 radical (unpaired) electrons. The van der Waals surface area contributed by atoms with E-state index in [-0.39, 0.29) is 27.7 Å². The minimum Gasteiger partial charge on any atom is -0.354 e. The Hall–Kier alpha value is -4.02. The molecule has 0 saturated carbocycles. The van der Waals surface area contributed by atoms with Crippen LogP contribution < -0.4 is 10.6 Å². The molecular formula is C35H44ClFN4O2. The summed E-state index contributed by atoms with van der Waals surface area (Å²) in [5, 5.41) is 14.4. The van der Waals surface area contributed by atoms with Crippen LogP contribution in [0.25, 0.3) is 10.9 Å². The lowest BCUT2D eigenvalue weighted by Gasteiger charge is -2.18. The zero-order valence-electron chi connectivity index (χ0n) is 27.0. The number of allylic oxidation sites excluding steroid dienone is 3. The number of nitrogens with zero attached hydrogens (tertiary/aromatic N) is 2. The molecule has 0 saturated heterocycles. The summed E-state index contributed by atoms with van der Waals surface area (Å²) in [4.78, 5) is 29.6. The van der Waals surface area contributed by atoms with Gasteiger partial charge in [0.2, 0.25) is 0 Å². The number of nitrogens with one attached hydrogen (secondary N) is 2. The second-order valence-electron chi connectivity index (χ2n) is 10.0. The van der Waals surface area contributed by atoms with E-state index in [0.717, 1.165) is 46.9 Å². The highest BCUT2D eigenvalue weighted by atomic mass is 35.5. The fourth-order valence-corrected chi connectivity index (χ4v) is 4.33. The van der Waals surface area contributed by atoms with Crippen molar-refractivity contribution in [3.63, 3.8) is 0 Å². The van der Waals surface area contributed by atoms with Gasteiger partial charge in [0.1, 0.15) is 11.5 Å². The zero-order chi connectivity index (χ0) is 32.9. The molecule has 0 atom stereocenters. The molecule has 0 fully saturated rings. The predicted molar refractivity (Wildman–Crippen MR) is 176 cm³/mol. The van der Waals surface area contributed by atoms with E-state index in [1.165, 1.54) is 24.7 Å². The third-order valence-electron chi connectivity index (χ3n) is 6.72. The van der Waals surface area contributed by atoms with Crippen molar-refractivity contribution < 1.29 is 14.0 Å². The summed E-state index contributed by atoms with van der Waals surface area (Å²) >= 11 is 5.95. The molecule has 43 heavy (non-hydrogen) atoms. The number of rotatable bonds is 7. The van der Waals surface area contributed by atoms with Crippen molar-refractivity contribution in [1.82, 2.24) is 15.6 Å². The van der Waals surface area contributed by atoms with E-state index in [1.54, 1.807) is 0 Å². The Labute approximate surface area is 261 Å². The van der Waals surface area contributed by atoms with Crippen LogP contribution in [0.2, 0.25) is 5.02 Å². The maximum Gasteiger partial charge on any atom is 0.269 e. The monoisotopic (exact) mass is 606 g/mol. The van der Waals surface area contributed by atoms with Gasteiger partial charge in [-0.2, -0.15) is 5.26 Å². The van der Waals surface area contributed by atoms with Crippen molar-refractivity contribution >= 4 is 34.3 Å². The highest BCUT2D eigenvalue weighted by molar-refractivity contribution is 6.31. The largest absolute Gasteiger partial charge is 0.354 e. The number of hydrogen-bond donors (Lipinski definition) is 2. The number of carbonyl (C=O) groups is 2. The maximum absolute atomic E-state index is 14.0. The number of fused-ring (bicyclic) bond motifs is 1. The summed E-state index contributed by atoms with van der Waals surface area (Å²) in [5.41, 5.74) is 6.27. The van der Waals surface area contributed by atoms with Gasteiger partial charge in [0.15, 0.2) is 0 Å². The van der Waals surface area contributed by atoms with Crippen molar-refractivity contribution in [3.05, 3.63) is 98.1 Å². The van der Waals surface area contributed by atoms with Gasteiger partial charge in [-0.05, 0) is 74.4 Å². The molecule has 2 N–H and O–H groups in total. The lowest BCUT2D eigenvalue weighted by atomic mass is 9.98. The molecule has 2 aromatic carbocycles. The molecule has 230 valence electrons. The van der Waals surface area contributed by atoms with Gasteiger partial charge in [-0.15, -0.1) is 0 Å². The number of benzene rings is 2. The minimum atomic E-state index is -0.671. The molecule has 0 aliphatic heterocycles. The summed E-state index contributed by atoms with van der Waals surface area (Å²) in [5.74, 6) is -1.35. The summed E-state index contributed by atoms with van der Waals surface area (Å²) in [6.45, 7) is 18.1. The van der Waals surface area contributed by atoms with E-state index in [2.05, 4.69) is 48.5 Å². The van der Waals surface area contributed by atoms with Crippen LogP contribution in [0.15, 0.2) is 59.3 Å². The van der Waals surface area contributed by atoms with Crippen LogP contribution in [0.4, 0.5) is 4.39 Å². The molecular weight excluding hydrogens is 563 g/mol. The van der Waals surface area contributed by atoms with Crippen molar-refractivity contribution in [3.8, 4) is 6.07 Å². The molecule has 0 bridgehead atoms. The topological polar surface area (TPSA) is 94.9 Å². The van der Waals surface area contributed by atoms with E-state index in [9.17, 15) is 14.0 Å². The van der Waals surface area contributed by atoms with Crippen LogP contribution in [0.3, 0.4) is 0 Å². The Kier molecular flexibility index (Phi) is 15.3. The van der Waals surface area contributed by atoms with Crippen molar-refractivity contribution in [2.45, 2.75) is 75.2 Å². The lowest BCUT2D eigenvalue weighted by Crippen LogP contribution is -2.27. The lowest BCUT2D eigenvalue weighted by molar-refractivity contribution is 0.0958. The summed E-state index contributed by atoms with van der Waals surface area (Å²) in [6.07, 6.45) is 3.80. The first-order valence-electron chi connectivity index (χ1n) is 14.6. The summed E-state index contributed by atoms with van der Waals surface area (Å²) in [6, 6.07) is 12.0. The molecule has 6 nitrogen and oxygen atoms in total. The average molecular weight is 607 g/mol. The van der Waals surface area contributed by atoms with Gasteiger partial charge < -0.3 is 10.6 Å². The Morgan fingerprint density at radius 3 is 2.28 bits per heavy atom. The number of halogens is 2. The van der Waals surface area contributed by atoms with Gasteiger partial charge in [-0.25, -0.2) is 9.37 Å². The Balaban J connectivity index is 0.000000592. The maximum atomic E-state index is 14.0. The highest BCUT2D eigenvalue weighted by Crippen LogP contribution is 2.27. The highest BCUT2D eigenvalue weighted by Gasteiger charge is 2.20. The normalized spacial score (nSPS) is 11.4. The average Bonchev–Trinajstić information content (AvgIpc) is 3.00. The fourth-order valence-electron chi connectivity index (χ4n) is 4.16. The van der Waals surface area contributed by atoms with Crippen molar-refractivity contribution in [2.24, 2.45) is 5.92 Å². The fraction of sp³-hybridized carbons (Fsp3) is 0.371. The van der Waals surface area contributed by atoms with Crippen LogP contribution in [0.5, 0.6) is 0 Å². The van der Waals surface area contributed by atoms with Gasteiger partial charge in [-0.1, -0.05) is 76.9 Å². The predicted octanol–water partition coefficient (Wildman–Crippen LogP) is 8.86. The molecule has 0 unspecified atom stereocenters. The standard InChI is InChI=1S/C23H27ClFN3O2.C10H11N.C2H6/c1-7-8-13(4)21(14(5)12(2)3)28-22(29)16-10-20(23(30)26-6)27-19-11-18(25)17(24)9-15(16)19;1-3-9-6-8(2)4-5-10(9)7-11;1-2/h8-12H,7H2,1-6H3,(H,26,30)(H,28,29);4-6H,3H2,1-2H3;1-2H3/b13-8-,21-14+;;. The third kappa shape index (κ3) is 10.0. The van der Waals surface area contributed by atoms with Gasteiger partial charge in [0.25, 0.3) is 11.8 Å². The number of hydrogen-bond acceptors (Lipinski definition) is 4. The van der Waals surface area contributed by atoms with E-state index in [4.69, 9.17) is 16.9 Å².